The monoisotopic (exact) mass is 495 g/mol. The zero-order chi connectivity index (χ0) is 24.2. The minimum absolute atomic E-state index is 0.0809. The lowest BCUT2D eigenvalue weighted by Crippen LogP contribution is -2.27. The Labute approximate surface area is 208 Å². The summed E-state index contributed by atoms with van der Waals surface area (Å²) >= 11 is 1.52. The summed E-state index contributed by atoms with van der Waals surface area (Å²) < 4.78 is 21.8. The number of amides is 1. The van der Waals surface area contributed by atoms with E-state index >= 15 is 0 Å². The van der Waals surface area contributed by atoms with E-state index in [0.717, 1.165) is 59.2 Å². The Morgan fingerprint density at radius 2 is 1.86 bits per heavy atom. The molecule has 1 saturated carbocycles. The highest BCUT2D eigenvalue weighted by Gasteiger charge is 2.25. The van der Waals surface area contributed by atoms with Gasteiger partial charge in [0.05, 0.1) is 20.8 Å². The van der Waals surface area contributed by atoms with E-state index < -0.39 is 0 Å². The second-order valence-corrected chi connectivity index (χ2v) is 9.65. The normalized spacial score (nSPS) is 14.3. The van der Waals surface area contributed by atoms with E-state index in [9.17, 15) is 4.79 Å². The van der Waals surface area contributed by atoms with Crippen molar-refractivity contribution in [1.82, 2.24) is 15.2 Å². The Morgan fingerprint density at radius 1 is 1.06 bits per heavy atom. The van der Waals surface area contributed by atoms with Gasteiger partial charge in [0.1, 0.15) is 10.7 Å². The van der Waals surface area contributed by atoms with Crippen LogP contribution in [0.3, 0.4) is 0 Å². The molecule has 35 heavy (non-hydrogen) atoms. The molecule has 2 heterocycles. The van der Waals surface area contributed by atoms with Crippen molar-refractivity contribution in [3.8, 4) is 23.0 Å². The molecule has 2 aromatic carbocycles. The van der Waals surface area contributed by atoms with Gasteiger partial charge in [-0.1, -0.05) is 12.1 Å². The Kier molecular flexibility index (Phi) is 7.06. The number of methoxy groups -OCH3 is 2. The van der Waals surface area contributed by atoms with Crippen LogP contribution in [0.2, 0.25) is 0 Å². The summed E-state index contributed by atoms with van der Waals surface area (Å²) in [5, 5.41) is 5.77. The van der Waals surface area contributed by atoms with Crippen molar-refractivity contribution in [2.45, 2.75) is 38.4 Å². The number of ether oxygens (including phenoxy) is 4. The van der Waals surface area contributed by atoms with Gasteiger partial charge in [0.25, 0.3) is 5.91 Å². The molecule has 0 radical (unpaired) electrons. The lowest BCUT2D eigenvalue weighted by molar-refractivity contribution is 0.0946. The maximum Gasteiger partial charge on any atom is 0.270 e. The quantitative estimate of drug-likeness (QED) is 0.430. The third-order valence-corrected chi connectivity index (χ3v) is 6.90. The van der Waals surface area contributed by atoms with Crippen molar-refractivity contribution in [3.05, 3.63) is 63.6 Å². The Balaban J connectivity index is 1.30. The standard InChI is InChI=1S/C26H29N3O5S/c1-31-21-7-3-17(11-23(21)32-2)9-10-29(13-18-4-8-22-24(12-18)34-16-33-22)14-25-28-20(15-35-25)26(30)27-19-5-6-19/h3-4,7-8,11-12,15,19H,5-6,9-10,13-14,16H2,1-2H3,(H,27,30). The molecule has 2 aliphatic rings. The van der Waals surface area contributed by atoms with Gasteiger partial charge in [0.15, 0.2) is 23.0 Å². The topological polar surface area (TPSA) is 82.2 Å². The minimum atomic E-state index is -0.0809. The number of benzene rings is 2. The van der Waals surface area contributed by atoms with Gasteiger partial charge >= 0.3 is 0 Å². The highest BCUT2D eigenvalue weighted by atomic mass is 32.1. The molecule has 1 aliphatic carbocycles. The second kappa shape index (κ2) is 10.5. The van der Waals surface area contributed by atoms with E-state index in [2.05, 4.69) is 27.3 Å². The van der Waals surface area contributed by atoms with Crippen LogP contribution in [0.15, 0.2) is 41.8 Å². The van der Waals surface area contributed by atoms with Gasteiger partial charge in [-0.2, -0.15) is 0 Å². The number of nitrogens with zero attached hydrogens (tertiary/aromatic N) is 2. The summed E-state index contributed by atoms with van der Waals surface area (Å²) in [5.74, 6) is 2.90. The molecule has 8 nitrogen and oxygen atoms in total. The van der Waals surface area contributed by atoms with Gasteiger partial charge in [-0.15, -0.1) is 11.3 Å². The van der Waals surface area contributed by atoms with Gasteiger partial charge in [-0.05, 0) is 54.7 Å². The average Bonchev–Trinajstić information content (AvgIpc) is 3.36. The molecule has 184 valence electrons. The van der Waals surface area contributed by atoms with E-state index in [-0.39, 0.29) is 12.7 Å². The molecule has 0 unspecified atom stereocenters. The van der Waals surface area contributed by atoms with Crippen LogP contribution < -0.4 is 24.3 Å². The number of hydrogen-bond donors (Lipinski definition) is 1. The number of carbonyl (C=O) groups excluding carboxylic acids is 1. The van der Waals surface area contributed by atoms with Crippen LogP contribution in [-0.4, -0.2) is 49.4 Å². The molecular formula is C26H29N3O5S. The molecule has 0 bridgehead atoms. The number of thiazole rings is 1. The predicted octanol–water partition coefficient (Wildman–Crippen LogP) is 4.03. The van der Waals surface area contributed by atoms with Crippen LogP contribution in [0.4, 0.5) is 0 Å². The average molecular weight is 496 g/mol. The summed E-state index contributed by atoms with van der Waals surface area (Å²) in [6.07, 6.45) is 2.94. The predicted molar refractivity (Wildman–Crippen MR) is 133 cm³/mol. The largest absolute Gasteiger partial charge is 0.493 e. The van der Waals surface area contributed by atoms with Crippen molar-refractivity contribution in [3.63, 3.8) is 0 Å². The third-order valence-electron chi connectivity index (χ3n) is 6.06. The third kappa shape index (κ3) is 5.86. The van der Waals surface area contributed by atoms with Crippen molar-refractivity contribution in [2.75, 3.05) is 27.6 Å². The van der Waals surface area contributed by atoms with Crippen LogP contribution in [0.5, 0.6) is 23.0 Å². The van der Waals surface area contributed by atoms with Crippen LogP contribution in [0.1, 0.15) is 39.5 Å². The van der Waals surface area contributed by atoms with Crippen molar-refractivity contribution >= 4 is 17.2 Å². The first kappa shape index (κ1) is 23.4. The Morgan fingerprint density at radius 3 is 2.66 bits per heavy atom. The van der Waals surface area contributed by atoms with Crippen LogP contribution in [0.25, 0.3) is 0 Å². The molecule has 0 atom stereocenters. The molecule has 1 aliphatic heterocycles. The first-order valence-electron chi connectivity index (χ1n) is 11.7. The number of fused-ring (bicyclic) bond motifs is 1. The lowest BCUT2D eigenvalue weighted by Gasteiger charge is -2.22. The van der Waals surface area contributed by atoms with E-state index in [1.807, 2.05) is 29.6 Å². The molecule has 3 aromatic rings. The van der Waals surface area contributed by atoms with Crippen LogP contribution in [0, 0.1) is 0 Å². The van der Waals surface area contributed by atoms with Crippen molar-refractivity contribution in [2.24, 2.45) is 0 Å². The highest BCUT2D eigenvalue weighted by Crippen LogP contribution is 2.33. The first-order valence-corrected chi connectivity index (χ1v) is 12.6. The fraction of sp³-hybridized carbons (Fsp3) is 0.385. The maximum absolute atomic E-state index is 12.4. The molecule has 5 rings (SSSR count). The summed E-state index contributed by atoms with van der Waals surface area (Å²) in [4.78, 5) is 19.3. The van der Waals surface area contributed by atoms with Crippen LogP contribution in [-0.2, 0) is 19.5 Å². The molecule has 1 aromatic heterocycles. The number of aromatic nitrogens is 1. The maximum atomic E-state index is 12.4. The van der Waals surface area contributed by atoms with Gasteiger partial charge in [-0.25, -0.2) is 4.98 Å². The molecule has 0 saturated heterocycles. The Hall–Kier alpha value is -3.30. The van der Waals surface area contributed by atoms with Gasteiger partial charge < -0.3 is 24.3 Å². The number of rotatable bonds is 11. The number of carbonyl (C=O) groups is 1. The summed E-state index contributed by atoms with van der Waals surface area (Å²) in [5.41, 5.74) is 2.78. The molecule has 1 N–H and O–H groups in total. The van der Waals surface area contributed by atoms with E-state index in [1.165, 1.54) is 11.3 Å². The molecule has 9 heteroatoms. The smallest absolute Gasteiger partial charge is 0.270 e. The Bertz CT molecular complexity index is 1190. The lowest BCUT2D eigenvalue weighted by atomic mass is 10.1. The summed E-state index contributed by atoms with van der Waals surface area (Å²) in [6, 6.07) is 12.4. The minimum Gasteiger partial charge on any atom is -0.493 e. The zero-order valence-electron chi connectivity index (χ0n) is 19.9. The molecule has 1 amide bonds. The summed E-state index contributed by atoms with van der Waals surface area (Å²) in [7, 11) is 3.28. The highest BCUT2D eigenvalue weighted by molar-refractivity contribution is 7.09. The van der Waals surface area contributed by atoms with Gasteiger partial charge in [-0.3, -0.25) is 9.69 Å². The van der Waals surface area contributed by atoms with E-state index in [1.54, 1.807) is 14.2 Å². The fourth-order valence-corrected chi connectivity index (χ4v) is 4.82. The molecule has 0 spiro atoms. The van der Waals surface area contributed by atoms with Gasteiger partial charge in [0, 0.05) is 24.5 Å². The number of nitrogens with one attached hydrogen (secondary N) is 1. The SMILES string of the molecule is COc1ccc(CCN(Cc2ccc3c(c2)OCO3)Cc2nc(C(=O)NC3CC3)cs2)cc1OC. The van der Waals surface area contributed by atoms with Crippen molar-refractivity contribution < 1.29 is 23.7 Å². The van der Waals surface area contributed by atoms with Gasteiger partial charge in [0.2, 0.25) is 6.79 Å². The fourth-order valence-electron chi connectivity index (χ4n) is 4.00. The summed E-state index contributed by atoms with van der Waals surface area (Å²) in [6.45, 7) is 2.41. The van der Waals surface area contributed by atoms with E-state index in [4.69, 9.17) is 18.9 Å². The first-order chi connectivity index (χ1) is 17.1. The van der Waals surface area contributed by atoms with E-state index in [0.29, 0.717) is 30.6 Å². The number of hydrogen-bond acceptors (Lipinski definition) is 8. The zero-order valence-corrected chi connectivity index (χ0v) is 20.7. The second-order valence-electron chi connectivity index (χ2n) is 8.71. The van der Waals surface area contributed by atoms with Crippen LogP contribution >= 0.6 is 11.3 Å². The van der Waals surface area contributed by atoms with Crippen molar-refractivity contribution in [1.29, 1.82) is 0 Å². The molecule has 1 fully saturated rings. The molecular weight excluding hydrogens is 466 g/mol.